The van der Waals surface area contributed by atoms with Crippen molar-refractivity contribution in [1.82, 2.24) is 4.72 Å². The first-order valence-electron chi connectivity index (χ1n) is 8.39. The number of halogens is 1. The van der Waals surface area contributed by atoms with E-state index < -0.39 is 16.1 Å². The summed E-state index contributed by atoms with van der Waals surface area (Å²) in [5, 5.41) is 0. The molecule has 1 atom stereocenters. The molecule has 1 N–H and O–H groups in total. The second-order valence-corrected chi connectivity index (χ2v) is 8.99. The van der Waals surface area contributed by atoms with Crippen molar-refractivity contribution >= 4 is 32.6 Å². The smallest absolute Gasteiger partial charge is 0.241 e. The lowest BCUT2D eigenvalue weighted by atomic mass is 9.96. The van der Waals surface area contributed by atoms with Gasteiger partial charge < -0.3 is 4.74 Å². The molecular weight excluding hydrogens is 473 g/mol. The number of rotatable bonds is 6. The van der Waals surface area contributed by atoms with Crippen molar-refractivity contribution in [2.45, 2.75) is 17.9 Å². The van der Waals surface area contributed by atoms with Crippen LogP contribution in [-0.2, 0) is 10.0 Å². The molecule has 0 saturated heterocycles. The number of hydrogen-bond donors (Lipinski definition) is 1. The largest absolute Gasteiger partial charge is 0.496 e. The normalized spacial score (nSPS) is 12.6. The van der Waals surface area contributed by atoms with Crippen LogP contribution in [0, 0.1) is 10.5 Å². The van der Waals surface area contributed by atoms with Gasteiger partial charge in [0.25, 0.3) is 0 Å². The number of hydrogen-bond acceptors (Lipinski definition) is 3. The fourth-order valence-corrected chi connectivity index (χ4v) is 5.08. The Kier molecular flexibility index (Phi) is 6.18. The molecular formula is C21H20INO3S. The Bertz CT molecular complexity index is 1040. The maximum Gasteiger partial charge on any atom is 0.241 e. The maximum atomic E-state index is 13.1. The summed E-state index contributed by atoms with van der Waals surface area (Å²) >= 11 is 2.07. The van der Waals surface area contributed by atoms with Crippen molar-refractivity contribution in [3.8, 4) is 5.75 Å². The van der Waals surface area contributed by atoms with Crippen LogP contribution in [0.25, 0.3) is 0 Å². The number of benzene rings is 3. The van der Waals surface area contributed by atoms with E-state index in [-0.39, 0.29) is 4.90 Å². The van der Waals surface area contributed by atoms with Crippen LogP contribution in [0.15, 0.2) is 77.7 Å². The summed E-state index contributed by atoms with van der Waals surface area (Å²) in [6, 6.07) is 21.8. The highest BCUT2D eigenvalue weighted by molar-refractivity contribution is 14.1. The predicted molar refractivity (Wildman–Crippen MR) is 115 cm³/mol. The molecule has 3 aromatic rings. The number of aryl methyl sites for hydroxylation is 1. The monoisotopic (exact) mass is 493 g/mol. The molecule has 1 unspecified atom stereocenters. The summed E-state index contributed by atoms with van der Waals surface area (Å²) in [6.45, 7) is 1.98. The van der Waals surface area contributed by atoms with E-state index in [2.05, 4.69) is 27.3 Å². The number of methoxy groups -OCH3 is 1. The molecule has 0 amide bonds. The highest BCUT2D eigenvalue weighted by atomic mass is 127. The molecule has 4 nitrogen and oxygen atoms in total. The summed E-state index contributed by atoms with van der Waals surface area (Å²) in [4.78, 5) is 0.210. The Balaban J connectivity index is 2.04. The Labute approximate surface area is 173 Å². The summed E-state index contributed by atoms with van der Waals surface area (Å²) in [6.07, 6.45) is 0. The minimum absolute atomic E-state index is 0.210. The minimum Gasteiger partial charge on any atom is -0.496 e. The standard InChI is InChI=1S/C21H20INO3S/c1-15-8-6-7-11-18(15)21(16-9-4-3-5-10-16)23-27(24,25)17-12-13-20(26-2)19(22)14-17/h3-14,21,23H,1-2H3. The maximum absolute atomic E-state index is 13.1. The minimum atomic E-state index is -3.73. The molecule has 0 aromatic heterocycles. The van der Waals surface area contributed by atoms with Gasteiger partial charge in [-0.2, -0.15) is 4.72 Å². The summed E-state index contributed by atoms with van der Waals surface area (Å²) in [7, 11) is -2.17. The average molecular weight is 493 g/mol. The van der Waals surface area contributed by atoms with E-state index in [9.17, 15) is 8.42 Å². The molecule has 0 aliphatic carbocycles. The highest BCUT2D eigenvalue weighted by Crippen LogP contribution is 2.29. The molecule has 0 heterocycles. The molecule has 6 heteroatoms. The fourth-order valence-electron chi connectivity index (χ4n) is 2.90. The van der Waals surface area contributed by atoms with Gasteiger partial charge in [-0.05, 0) is 64.4 Å². The van der Waals surface area contributed by atoms with E-state index in [0.717, 1.165) is 20.3 Å². The van der Waals surface area contributed by atoms with E-state index in [4.69, 9.17) is 4.74 Å². The lowest BCUT2D eigenvalue weighted by molar-refractivity contribution is 0.411. The second-order valence-electron chi connectivity index (χ2n) is 6.12. The Morgan fingerprint density at radius 1 is 0.963 bits per heavy atom. The zero-order valence-corrected chi connectivity index (χ0v) is 18.0. The SMILES string of the molecule is COc1ccc(S(=O)(=O)NC(c2ccccc2)c2ccccc2C)cc1I. The van der Waals surface area contributed by atoms with Crippen LogP contribution in [0.5, 0.6) is 5.75 Å². The van der Waals surface area contributed by atoms with Crippen molar-refractivity contribution in [3.63, 3.8) is 0 Å². The van der Waals surface area contributed by atoms with Crippen LogP contribution in [0.3, 0.4) is 0 Å². The molecule has 140 valence electrons. The highest BCUT2D eigenvalue weighted by Gasteiger charge is 2.24. The van der Waals surface area contributed by atoms with Crippen LogP contribution >= 0.6 is 22.6 Å². The van der Waals surface area contributed by atoms with Crippen molar-refractivity contribution in [3.05, 3.63) is 93.1 Å². The van der Waals surface area contributed by atoms with Crippen molar-refractivity contribution < 1.29 is 13.2 Å². The summed E-state index contributed by atoms with van der Waals surface area (Å²) in [5.41, 5.74) is 2.84. The fraction of sp³-hybridized carbons (Fsp3) is 0.143. The average Bonchev–Trinajstić information content (AvgIpc) is 2.67. The van der Waals surface area contributed by atoms with Crippen LogP contribution in [0.4, 0.5) is 0 Å². The number of sulfonamides is 1. The van der Waals surface area contributed by atoms with Crippen molar-refractivity contribution in [1.29, 1.82) is 0 Å². The van der Waals surface area contributed by atoms with Crippen molar-refractivity contribution in [2.75, 3.05) is 7.11 Å². The van der Waals surface area contributed by atoms with Gasteiger partial charge in [-0.15, -0.1) is 0 Å². The van der Waals surface area contributed by atoms with Gasteiger partial charge in [-0.1, -0.05) is 54.6 Å². The van der Waals surface area contributed by atoms with Gasteiger partial charge in [-0.25, -0.2) is 8.42 Å². The van der Waals surface area contributed by atoms with Gasteiger partial charge in [0.05, 0.1) is 21.6 Å². The predicted octanol–water partition coefficient (Wildman–Crippen LogP) is 4.68. The van der Waals surface area contributed by atoms with E-state index >= 15 is 0 Å². The molecule has 0 spiro atoms. The topological polar surface area (TPSA) is 55.4 Å². The zero-order chi connectivity index (χ0) is 19.4. The molecule has 27 heavy (non-hydrogen) atoms. The molecule has 0 saturated carbocycles. The second kappa shape index (κ2) is 8.41. The first-order valence-corrected chi connectivity index (χ1v) is 10.9. The van der Waals surface area contributed by atoms with Crippen LogP contribution in [0.1, 0.15) is 22.7 Å². The van der Waals surface area contributed by atoms with Crippen LogP contribution < -0.4 is 9.46 Å². The quantitative estimate of drug-likeness (QED) is 0.508. The van der Waals surface area contributed by atoms with Gasteiger partial charge in [0.1, 0.15) is 5.75 Å². The molecule has 0 bridgehead atoms. The van der Waals surface area contributed by atoms with Gasteiger partial charge in [0.2, 0.25) is 10.0 Å². The number of nitrogens with one attached hydrogen (secondary N) is 1. The summed E-state index contributed by atoms with van der Waals surface area (Å²) < 4.78 is 35.0. The third-order valence-corrected chi connectivity index (χ3v) is 6.60. The first kappa shape index (κ1) is 19.9. The Morgan fingerprint density at radius 2 is 1.63 bits per heavy atom. The Morgan fingerprint density at radius 3 is 2.26 bits per heavy atom. The van der Waals surface area contributed by atoms with Gasteiger partial charge >= 0.3 is 0 Å². The molecule has 0 aliphatic rings. The third kappa shape index (κ3) is 4.51. The Hall–Kier alpha value is -1.90. The van der Waals surface area contributed by atoms with Crippen LogP contribution in [-0.4, -0.2) is 15.5 Å². The molecule has 3 aromatic carbocycles. The van der Waals surface area contributed by atoms with Gasteiger partial charge in [0.15, 0.2) is 0 Å². The van der Waals surface area contributed by atoms with E-state index in [0.29, 0.717) is 5.75 Å². The van der Waals surface area contributed by atoms with Crippen LogP contribution in [0.2, 0.25) is 0 Å². The van der Waals surface area contributed by atoms with Gasteiger partial charge in [0, 0.05) is 0 Å². The molecule has 0 aliphatic heterocycles. The molecule has 0 radical (unpaired) electrons. The van der Waals surface area contributed by atoms with Crippen molar-refractivity contribution in [2.24, 2.45) is 0 Å². The van der Waals surface area contributed by atoms with E-state index in [1.54, 1.807) is 25.3 Å². The molecule has 3 rings (SSSR count). The lowest BCUT2D eigenvalue weighted by Gasteiger charge is -2.22. The lowest BCUT2D eigenvalue weighted by Crippen LogP contribution is -2.30. The zero-order valence-electron chi connectivity index (χ0n) is 15.0. The number of ether oxygens (including phenoxy) is 1. The van der Waals surface area contributed by atoms with E-state index in [1.807, 2.05) is 61.5 Å². The third-order valence-electron chi connectivity index (χ3n) is 4.34. The van der Waals surface area contributed by atoms with E-state index in [1.165, 1.54) is 0 Å². The first-order chi connectivity index (χ1) is 12.9. The summed E-state index contributed by atoms with van der Waals surface area (Å²) in [5.74, 6) is 0.646. The molecule has 0 fully saturated rings. The van der Waals surface area contributed by atoms with Gasteiger partial charge in [-0.3, -0.25) is 0 Å².